The van der Waals surface area contributed by atoms with Crippen molar-refractivity contribution in [3.8, 4) is 0 Å². The van der Waals surface area contributed by atoms with E-state index in [1.807, 2.05) is 0 Å². The minimum atomic E-state index is -0.630. The molecule has 0 unspecified atom stereocenters. The predicted molar refractivity (Wildman–Crippen MR) is 80.1 cm³/mol. The lowest BCUT2D eigenvalue weighted by molar-refractivity contribution is 0.0594. The standard InChI is InChI=1S/C15H11BrN2O3/c1-8(9-6-7-12(16)17-13(9)19)18-14(20)10-4-2-3-5-11(10)15(18)21/h2-8H,1H3,(H,17,19)/t8-/m0/s1. The largest absolute Gasteiger partial charge is 0.316 e. The number of aromatic amines is 1. The third-order valence-electron chi connectivity index (χ3n) is 3.57. The Labute approximate surface area is 128 Å². The van der Waals surface area contributed by atoms with Gasteiger partial charge in [-0.3, -0.25) is 19.3 Å². The van der Waals surface area contributed by atoms with Crippen molar-refractivity contribution < 1.29 is 9.59 Å². The first-order chi connectivity index (χ1) is 10.0. The summed E-state index contributed by atoms with van der Waals surface area (Å²) in [6.45, 7) is 1.67. The van der Waals surface area contributed by atoms with Crippen LogP contribution in [0.2, 0.25) is 0 Å². The summed E-state index contributed by atoms with van der Waals surface area (Å²) in [6, 6.07) is 9.31. The van der Waals surface area contributed by atoms with Gasteiger partial charge in [-0.15, -0.1) is 0 Å². The first kappa shape index (κ1) is 13.8. The Morgan fingerprint density at radius 2 is 1.57 bits per heavy atom. The number of pyridine rings is 1. The third-order valence-corrected chi connectivity index (χ3v) is 4.03. The molecule has 2 aromatic rings. The Kier molecular flexibility index (Phi) is 3.25. The number of rotatable bonds is 2. The van der Waals surface area contributed by atoms with Crippen LogP contribution in [0.4, 0.5) is 0 Å². The maximum atomic E-state index is 12.4. The third kappa shape index (κ3) is 2.12. The molecule has 6 heteroatoms. The van der Waals surface area contributed by atoms with Gasteiger partial charge in [-0.05, 0) is 47.1 Å². The molecular formula is C15H11BrN2O3. The molecule has 0 saturated carbocycles. The second kappa shape index (κ2) is 4.96. The van der Waals surface area contributed by atoms with Crippen LogP contribution in [0.1, 0.15) is 39.2 Å². The second-order valence-corrected chi connectivity index (χ2v) is 5.65. The lowest BCUT2D eigenvalue weighted by atomic mass is 10.1. The summed E-state index contributed by atoms with van der Waals surface area (Å²) >= 11 is 3.17. The molecule has 0 spiro atoms. The van der Waals surface area contributed by atoms with Gasteiger partial charge in [-0.1, -0.05) is 12.1 Å². The second-order valence-electron chi connectivity index (χ2n) is 4.79. The summed E-state index contributed by atoms with van der Waals surface area (Å²) < 4.78 is 0.547. The van der Waals surface area contributed by atoms with Gasteiger partial charge in [0, 0.05) is 5.56 Å². The molecule has 1 aromatic heterocycles. The zero-order valence-electron chi connectivity index (χ0n) is 11.1. The normalized spacial score (nSPS) is 15.2. The molecule has 3 rings (SSSR count). The fourth-order valence-corrected chi connectivity index (χ4v) is 2.80. The van der Waals surface area contributed by atoms with E-state index in [-0.39, 0.29) is 17.4 Å². The highest BCUT2D eigenvalue weighted by Crippen LogP contribution is 2.29. The van der Waals surface area contributed by atoms with Crippen molar-refractivity contribution in [2.75, 3.05) is 0 Å². The Hall–Kier alpha value is -2.21. The van der Waals surface area contributed by atoms with E-state index in [2.05, 4.69) is 20.9 Å². The van der Waals surface area contributed by atoms with Crippen LogP contribution in [-0.2, 0) is 0 Å². The summed E-state index contributed by atoms with van der Waals surface area (Å²) in [6.07, 6.45) is 0. The number of fused-ring (bicyclic) bond motifs is 1. The minimum Gasteiger partial charge on any atom is -0.316 e. The number of amides is 2. The van der Waals surface area contributed by atoms with E-state index in [1.165, 1.54) is 0 Å². The summed E-state index contributed by atoms with van der Waals surface area (Å²) in [5.74, 6) is -0.740. The lowest BCUT2D eigenvalue weighted by Gasteiger charge is -2.22. The van der Waals surface area contributed by atoms with Crippen LogP contribution in [0.25, 0.3) is 0 Å². The summed E-state index contributed by atoms with van der Waals surface area (Å²) in [5.41, 5.74) is 0.798. The zero-order valence-corrected chi connectivity index (χ0v) is 12.7. The Morgan fingerprint density at radius 3 is 2.10 bits per heavy atom. The van der Waals surface area contributed by atoms with Gasteiger partial charge in [0.15, 0.2) is 0 Å². The summed E-state index contributed by atoms with van der Waals surface area (Å²) in [5, 5.41) is 0. The van der Waals surface area contributed by atoms with Crippen LogP contribution >= 0.6 is 15.9 Å². The average Bonchev–Trinajstić information content (AvgIpc) is 2.71. The van der Waals surface area contributed by atoms with E-state index in [0.717, 1.165) is 4.90 Å². The van der Waals surface area contributed by atoms with Crippen molar-refractivity contribution in [2.24, 2.45) is 0 Å². The molecular weight excluding hydrogens is 336 g/mol. The monoisotopic (exact) mass is 346 g/mol. The molecule has 21 heavy (non-hydrogen) atoms. The lowest BCUT2D eigenvalue weighted by Crippen LogP contribution is -2.35. The van der Waals surface area contributed by atoms with Crippen LogP contribution in [0.3, 0.4) is 0 Å². The highest BCUT2D eigenvalue weighted by molar-refractivity contribution is 9.10. The smallest absolute Gasteiger partial charge is 0.262 e. The predicted octanol–water partition coefficient (Wildman–Crippen LogP) is 2.49. The Morgan fingerprint density at radius 1 is 1.00 bits per heavy atom. The van der Waals surface area contributed by atoms with Crippen molar-refractivity contribution in [3.05, 3.63) is 68.0 Å². The molecule has 1 atom stereocenters. The number of hydrogen-bond donors (Lipinski definition) is 1. The molecule has 1 aliphatic rings. The highest BCUT2D eigenvalue weighted by Gasteiger charge is 2.39. The van der Waals surface area contributed by atoms with Crippen LogP contribution < -0.4 is 5.56 Å². The molecule has 0 radical (unpaired) electrons. The number of hydrogen-bond acceptors (Lipinski definition) is 3. The summed E-state index contributed by atoms with van der Waals surface area (Å²) in [7, 11) is 0. The first-order valence-electron chi connectivity index (χ1n) is 6.36. The molecule has 5 nitrogen and oxygen atoms in total. The van der Waals surface area contributed by atoms with Crippen LogP contribution in [0, 0.1) is 0 Å². The summed E-state index contributed by atoms with van der Waals surface area (Å²) in [4.78, 5) is 40.5. The number of benzene rings is 1. The topological polar surface area (TPSA) is 70.2 Å². The van der Waals surface area contributed by atoms with Crippen LogP contribution in [-0.4, -0.2) is 21.7 Å². The number of nitrogens with zero attached hydrogens (tertiary/aromatic N) is 1. The quantitative estimate of drug-likeness (QED) is 0.670. The van der Waals surface area contributed by atoms with E-state index in [1.54, 1.807) is 43.3 Å². The van der Waals surface area contributed by atoms with E-state index in [4.69, 9.17) is 0 Å². The number of imide groups is 1. The van der Waals surface area contributed by atoms with Gasteiger partial charge in [-0.25, -0.2) is 0 Å². The van der Waals surface area contributed by atoms with E-state index >= 15 is 0 Å². The van der Waals surface area contributed by atoms with Gasteiger partial charge in [-0.2, -0.15) is 0 Å². The SMILES string of the molecule is C[C@@H](c1ccc(Br)[nH]c1=O)N1C(=O)c2ccccc2C1=O. The fraction of sp³-hybridized carbons (Fsp3) is 0.133. The molecule has 0 saturated heterocycles. The maximum absolute atomic E-state index is 12.4. The van der Waals surface area contributed by atoms with Gasteiger partial charge < -0.3 is 4.98 Å². The van der Waals surface area contributed by atoms with Crippen LogP contribution in [0.15, 0.2) is 45.8 Å². The number of H-pyrrole nitrogens is 1. The first-order valence-corrected chi connectivity index (χ1v) is 7.15. The molecule has 1 aromatic carbocycles. The molecule has 0 fully saturated rings. The van der Waals surface area contributed by atoms with Gasteiger partial charge in [0.1, 0.15) is 0 Å². The van der Waals surface area contributed by atoms with Gasteiger partial charge in [0.2, 0.25) is 0 Å². The van der Waals surface area contributed by atoms with Crippen molar-refractivity contribution in [1.29, 1.82) is 0 Å². The molecule has 106 valence electrons. The average molecular weight is 347 g/mol. The number of aromatic nitrogens is 1. The number of halogens is 1. The van der Waals surface area contributed by atoms with Crippen LogP contribution in [0.5, 0.6) is 0 Å². The maximum Gasteiger partial charge on any atom is 0.262 e. The zero-order chi connectivity index (χ0) is 15.1. The van der Waals surface area contributed by atoms with Crippen molar-refractivity contribution in [1.82, 2.24) is 9.88 Å². The molecule has 1 aliphatic heterocycles. The molecule has 0 bridgehead atoms. The van der Waals surface area contributed by atoms with Crippen molar-refractivity contribution in [2.45, 2.75) is 13.0 Å². The fourth-order valence-electron chi connectivity index (χ4n) is 2.49. The van der Waals surface area contributed by atoms with Gasteiger partial charge in [0.25, 0.3) is 17.4 Å². The Balaban J connectivity index is 2.04. The molecule has 0 aliphatic carbocycles. The molecule has 2 amide bonds. The van der Waals surface area contributed by atoms with E-state index < -0.39 is 6.04 Å². The number of carbonyl (C=O) groups excluding carboxylic acids is 2. The van der Waals surface area contributed by atoms with Gasteiger partial charge in [0.05, 0.1) is 21.8 Å². The molecule has 1 N–H and O–H groups in total. The van der Waals surface area contributed by atoms with Crippen molar-refractivity contribution in [3.63, 3.8) is 0 Å². The van der Waals surface area contributed by atoms with E-state index in [9.17, 15) is 14.4 Å². The highest BCUT2D eigenvalue weighted by atomic mass is 79.9. The Bertz CT molecular complexity index is 778. The minimum absolute atomic E-state index is 0.326. The van der Waals surface area contributed by atoms with E-state index in [0.29, 0.717) is 21.3 Å². The van der Waals surface area contributed by atoms with Gasteiger partial charge >= 0.3 is 0 Å². The number of carbonyl (C=O) groups is 2. The number of nitrogens with one attached hydrogen (secondary N) is 1. The molecule has 2 heterocycles. The van der Waals surface area contributed by atoms with Crippen molar-refractivity contribution >= 4 is 27.7 Å².